The van der Waals surface area contributed by atoms with Crippen molar-refractivity contribution in [1.82, 2.24) is 4.90 Å². The summed E-state index contributed by atoms with van der Waals surface area (Å²) in [5.74, 6) is 1.00. The maximum Gasteiger partial charge on any atom is 0.223 e. The van der Waals surface area contributed by atoms with Crippen LogP contribution in [0.15, 0.2) is 36.4 Å². The SMILES string of the molecule is CCN(Cc1ccc(Cl)s1)C(=O)CCc1ccc(OC)cc1. The largest absolute Gasteiger partial charge is 0.497 e. The molecule has 1 aromatic heterocycles. The average Bonchev–Trinajstić information content (AvgIpc) is 2.96. The molecule has 0 aliphatic heterocycles. The van der Waals surface area contributed by atoms with E-state index in [-0.39, 0.29) is 5.91 Å². The van der Waals surface area contributed by atoms with Crippen molar-refractivity contribution in [3.05, 3.63) is 51.2 Å². The highest BCUT2D eigenvalue weighted by Gasteiger charge is 2.13. The van der Waals surface area contributed by atoms with Crippen molar-refractivity contribution in [3.63, 3.8) is 0 Å². The van der Waals surface area contributed by atoms with Crippen LogP contribution in [0, 0.1) is 0 Å². The molecule has 0 atom stereocenters. The molecular weight excluding hydrogens is 318 g/mol. The first kappa shape index (κ1) is 16.8. The number of carbonyl (C=O) groups excluding carboxylic acids is 1. The zero-order valence-electron chi connectivity index (χ0n) is 12.8. The topological polar surface area (TPSA) is 29.5 Å². The molecule has 0 spiro atoms. The molecule has 0 N–H and O–H groups in total. The lowest BCUT2D eigenvalue weighted by atomic mass is 10.1. The number of nitrogens with zero attached hydrogens (tertiary/aromatic N) is 1. The maximum atomic E-state index is 12.4. The van der Waals surface area contributed by atoms with Crippen molar-refractivity contribution in [3.8, 4) is 5.75 Å². The monoisotopic (exact) mass is 337 g/mol. The molecule has 5 heteroatoms. The van der Waals surface area contributed by atoms with Gasteiger partial charge in [-0.15, -0.1) is 11.3 Å². The molecule has 2 rings (SSSR count). The number of benzene rings is 1. The summed E-state index contributed by atoms with van der Waals surface area (Å²) < 4.78 is 5.89. The zero-order chi connectivity index (χ0) is 15.9. The van der Waals surface area contributed by atoms with Crippen LogP contribution in [-0.2, 0) is 17.8 Å². The number of rotatable bonds is 7. The molecule has 1 aromatic carbocycles. The summed E-state index contributed by atoms with van der Waals surface area (Å²) in [4.78, 5) is 15.3. The number of thiophene rings is 1. The van der Waals surface area contributed by atoms with Crippen molar-refractivity contribution in [2.75, 3.05) is 13.7 Å². The van der Waals surface area contributed by atoms with Crippen molar-refractivity contribution < 1.29 is 9.53 Å². The molecule has 0 radical (unpaired) electrons. The minimum Gasteiger partial charge on any atom is -0.497 e. The normalized spacial score (nSPS) is 10.5. The number of halogens is 1. The molecule has 0 aliphatic rings. The fourth-order valence-electron chi connectivity index (χ4n) is 2.20. The number of ether oxygens (including phenoxy) is 1. The lowest BCUT2D eigenvalue weighted by Crippen LogP contribution is -2.30. The van der Waals surface area contributed by atoms with Crippen molar-refractivity contribution in [1.29, 1.82) is 0 Å². The van der Waals surface area contributed by atoms with Gasteiger partial charge in [0.1, 0.15) is 5.75 Å². The Balaban J connectivity index is 1.88. The molecule has 0 aliphatic carbocycles. The summed E-state index contributed by atoms with van der Waals surface area (Å²) in [5.41, 5.74) is 1.14. The molecule has 118 valence electrons. The lowest BCUT2D eigenvalue weighted by molar-refractivity contribution is -0.131. The van der Waals surface area contributed by atoms with Crippen LogP contribution >= 0.6 is 22.9 Å². The van der Waals surface area contributed by atoms with E-state index in [1.54, 1.807) is 7.11 Å². The number of methoxy groups -OCH3 is 1. The summed E-state index contributed by atoms with van der Waals surface area (Å²) in [7, 11) is 1.65. The van der Waals surface area contributed by atoms with E-state index in [0.29, 0.717) is 19.5 Å². The van der Waals surface area contributed by atoms with E-state index in [4.69, 9.17) is 16.3 Å². The molecule has 0 fully saturated rings. The Bertz CT molecular complexity index is 609. The first-order valence-corrected chi connectivity index (χ1v) is 8.46. The lowest BCUT2D eigenvalue weighted by Gasteiger charge is -2.20. The van der Waals surface area contributed by atoms with E-state index in [9.17, 15) is 4.79 Å². The van der Waals surface area contributed by atoms with Crippen LogP contribution in [0.4, 0.5) is 0 Å². The van der Waals surface area contributed by atoms with Gasteiger partial charge in [-0.2, -0.15) is 0 Å². The standard InChI is InChI=1S/C17H20ClNO2S/c1-3-19(12-15-9-10-16(18)22-15)17(20)11-6-13-4-7-14(21-2)8-5-13/h4-5,7-10H,3,6,11-12H2,1-2H3. The molecule has 0 unspecified atom stereocenters. The van der Waals surface area contributed by atoms with Gasteiger partial charge in [0.25, 0.3) is 0 Å². The van der Waals surface area contributed by atoms with Gasteiger partial charge in [0, 0.05) is 17.8 Å². The third kappa shape index (κ3) is 4.75. The number of carbonyl (C=O) groups is 1. The summed E-state index contributed by atoms with van der Waals surface area (Å²) in [6, 6.07) is 11.7. The number of hydrogen-bond donors (Lipinski definition) is 0. The van der Waals surface area contributed by atoms with E-state index < -0.39 is 0 Å². The second kappa shape index (κ2) is 8.20. The minimum absolute atomic E-state index is 0.169. The predicted octanol–water partition coefficient (Wildman–Crippen LogP) is 4.39. The van der Waals surface area contributed by atoms with Gasteiger partial charge < -0.3 is 9.64 Å². The Morgan fingerprint density at radius 3 is 2.50 bits per heavy atom. The second-order valence-corrected chi connectivity index (χ2v) is 6.76. The fourth-order valence-corrected chi connectivity index (χ4v) is 3.31. The maximum absolute atomic E-state index is 12.4. The number of aryl methyl sites for hydroxylation is 1. The van der Waals surface area contributed by atoms with Gasteiger partial charge in [-0.1, -0.05) is 23.7 Å². The molecule has 0 saturated carbocycles. The molecule has 0 saturated heterocycles. The van der Waals surface area contributed by atoms with Gasteiger partial charge in [-0.05, 0) is 43.2 Å². The minimum atomic E-state index is 0.169. The van der Waals surface area contributed by atoms with E-state index in [1.165, 1.54) is 11.3 Å². The molecular formula is C17H20ClNO2S. The van der Waals surface area contributed by atoms with Gasteiger partial charge in [-0.25, -0.2) is 0 Å². The van der Waals surface area contributed by atoms with E-state index in [2.05, 4.69) is 0 Å². The third-order valence-electron chi connectivity index (χ3n) is 3.50. The fraction of sp³-hybridized carbons (Fsp3) is 0.353. The van der Waals surface area contributed by atoms with Crippen LogP contribution in [0.3, 0.4) is 0 Å². The van der Waals surface area contributed by atoms with Gasteiger partial charge in [-0.3, -0.25) is 4.79 Å². The van der Waals surface area contributed by atoms with Crippen LogP contribution in [0.1, 0.15) is 23.8 Å². The Morgan fingerprint density at radius 1 is 1.23 bits per heavy atom. The summed E-state index contributed by atoms with van der Waals surface area (Å²) in [5, 5.41) is 0. The Morgan fingerprint density at radius 2 is 1.95 bits per heavy atom. The first-order valence-electron chi connectivity index (χ1n) is 7.27. The van der Waals surface area contributed by atoms with Crippen molar-refractivity contribution >= 4 is 28.8 Å². The van der Waals surface area contributed by atoms with Gasteiger partial charge >= 0.3 is 0 Å². The molecule has 0 bridgehead atoms. The van der Waals surface area contributed by atoms with Crippen molar-refractivity contribution in [2.24, 2.45) is 0 Å². The van der Waals surface area contributed by atoms with Crippen LogP contribution < -0.4 is 4.74 Å². The van der Waals surface area contributed by atoms with E-state index in [0.717, 1.165) is 26.9 Å². The van der Waals surface area contributed by atoms with Crippen molar-refractivity contribution in [2.45, 2.75) is 26.3 Å². The van der Waals surface area contributed by atoms with Crippen LogP contribution in [-0.4, -0.2) is 24.5 Å². The Labute approximate surface area is 140 Å². The summed E-state index contributed by atoms with van der Waals surface area (Å²) in [6.45, 7) is 3.34. The second-order valence-electron chi connectivity index (χ2n) is 4.96. The smallest absolute Gasteiger partial charge is 0.223 e. The highest BCUT2D eigenvalue weighted by atomic mass is 35.5. The highest BCUT2D eigenvalue weighted by Crippen LogP contribution is 2.23. The number of amides is 1. The van der Waals surface area contributed by atoms with Gasteiger partial charge in [0.2, 0.25) is 5.91 Å². The van der Waals surface area contributed by atoms with E-state index >= 15 is 0 Å². The Hall–Kier alpha value is -1.52. The molecule has 22 heavy (non-hydrogen) atoms. The Kier molecular flexibility index (Phi) is 6.28. The van der Waals surface area contributed by atoms with E-state index in [1.807, 2.05) is 48.2 Å². The third-order valence-corrected chi connectivity index (χ3v) is 4.71. The average molecular weight is 338 g/mol. The predicted molar refractivity (Wildman–Crippen MR) is 91.7 cm³/mol. The van der Waals surface area contributed by atoms with Gasteiger partial charge in [0.05, 0.1) is 18.0 Å². The molecule has 1 amide bonds. The summed E-state index contributed by atoms with van der Waals surface area (Å²) >= 11 is 7.46. The van der Waals surface area contributed by atoms with Crippen LogP contribution in [0.2, 0.25) is 4.34 Å². The molecule has 3 nitrogen and oxygen atoms in total. The quantitative estimate of drug-likeness (QED) is 0.749. The first-order chi connectivity index (χ1) is 10.6. The molecule has 1 heterocycles. The van der Waals surface area contributed by atoms with Crippen LogP contribution in [0.5, 0.6) is 5.75 Å². The highest BCUT2D eigenvalue weighted by molar-refractivity contribution is 7.16. The van der Waals surface area contributed by atoms with Crippen LogP contribution in [0.25, 0.3) is 0 Å². The molecule has 2 aromatic rings. The van der Waals surface area contributed by atoms with Gasteiger partial charge in [0.15, 0.2) is 0 Å². The zero-order valence-corrected chi connectivity index (χ0v) is 14.4. The number of hydrogen-bond acceptors (Lipinski definition) is 3. The summed E-state index contributed by atoms with van der Waals surface area (Å²) in [6.07, 6.45) is 1.25.